The molecule has 1 unspecified atom stereocenters. The minimum Gasteiger partial charge on any atom is -0.399 e. The second-order valence-corrected chi connectivity index (χ2v) is 8.18. The molecular weight excluding hydrogens is 293 g/mol. The SMILES string of the molecule is CC1(C)OB(c2cnn(CC3CNC4(CC4)CO3)c2)OC1(C)C. The molecule has 23 heavy (non-hydrogen) atoms. The van der Waals surface area contributed by atoms with E-state index in [-0.39, 0.29) is 24.4 Å². The van der Waals surface area contributed by atoms with Crippen molar-refractivity contribution in [1.82, 2.24) is 15.1 Å². The van der Waals surface area contributed by atoms with Crippen LogP contribution in [-0.2, 0) is 20.6 Å². The molecule has 1 aromatic rings. The molecule has 4 rings (SSSR count). The molecule has 0 amide bonds. The molecule has 7 heteroatoms. The van der Waals surface area contributed by atoms with Crippen molar-refractivity contribution in [3.8, 4) is 0 Å². The van der Waals surface area contributed by atoms with E-state index in [9.17, 15) is 0 Å². The first-order chi connectivity index (χ1) is 10.8. The van der Waals surface area contributed by atoms with Crippen molar-refractivity contribution in [2.24, 2.45) is 0 Å². The summed E-state index contributed by atoms with van der Waals surface area (Å²) in [5.41, 5.74) is 0.615. The molecule has 6 nitrogen and oxygen atoms in total. The second-order valence-electron chi connectivity index (χ2n) is 8.18. The highest BCUT2D eigenvalue weighted by molar-refractivity contribution is 6.61. The van der Waals surface area contributed by atoms with E-state index in [1.807, 2.05) is 17.1 Å². The third-order valence-corrected chi connectivity index (χ3v) is 5.72. The van der Waals surface area contributed by atoms with Crippen LogP contribution in [0.2, 0.25) is 0 Å². The zero-order valence-electron chi connectivity index (χ0n) is 14.5. The van der Waals surface area contributed by atoms with Crippen molar-refractivity contribution < 1.29 is 14.0 Å². The Morgan fingerprint density at radius 3 is 2.52 bits per heavy atom. The maximum absolute atomic E-state index is 6.07. The van der Waals surface area contributed by atoms with Crippen molar-refractivity contribution in [2.45, 2.75) is 69.9 Å². The zero-order valence-corrected chi connectivity index (χ0v) is 14.5. The predicted molar refractivity (Wildman–Crippen MR) is 87.7 cm³/mol. The third-order valence-electron chi connectivity index (χ3n) is 5.72. The molecule has 3 heterocycles. The molecule has 1 saturated carbocycles. The van der Waals surface area contributed by atoms with E-state index in [2.05, 4.69) is 38.1 Å². The Bertz CT molecular complexity index is 571. The minimum absolute atomic E-state index is 0.173. The van der Waals surface area contributed by atoms with E-state index in [0.29, 0.717) is 5.54 Å². The van der Waals surface area contributed by atoms with Gasteiger partial charge in [0, 0.05) is 29.9 Å². The average molecular weight is 319 g/mol. The lowest BCUT2D eigenvalue weighted by Crippen LogP contribution is -2.49. The molecule has 0 radical (unpaired) electrons. The van der Waals surface area contributed by atoms with Gasteiger partial charge in [-0.15, -0.1) is 0 Å². The van der Waals surface area contributed by atoms with E-state index >= 15 is 0 Å². The van der Waals surface area contributed by atoms with Crippen LogP contribution in [0.15, 0.2) is 12.4 Å². The molecule has 2 aliphatic heterocycles. The predicted octanol–water partition coefficient (Wildman–Crippen LogP) is 0.703. The zero-order chi connectivity index (χ0) is 16.3. The quantitative estimate of drug-likeness (QED) is 0.832. The number of aromatic nitrogens is 2. The Kier molecular flexibility index (Phi) is 3.43. The smallest absolute Gasteiger partial charge is 0.399 e. The van der Waals surface area contributed by atoms with E-state index in [1.165, 1.54) is 12.8 Å². The van der Waals surface area contributed by atoms with Gasteiger partial charge < -0.3 is 19.4 Å². The van der Waals surface area contributed by atoms with Crippen LogP contribution in [-0.4, -0.2) is 52.9 Å². The van der Waals surface area contributed by atoms with E-state index in [0.717, 1.165) is 25.2 Å². The van der Waals surface area contributed by atoms with Crippen LogP contribution < -0.4 is 10.8 Å². The average Bonchev–Trinajstić information content (AvgIpc) is 2.98. The summed E-state index contributed by atoms with van der Waals surface area (Å²) in [5.74, 6) is 0. The highest BCUT2D eigenvalue weighted by Gasteiger charge is 2.52. The normalized spacial score (nSPS) is 30.8. The number of nitrogens with zero attached hydrogens (tertiary/aromatic N) is 2. The van der Waals surface area contributed by atoms with Gasteiger partial charge in [-0.2, -0.15) is 5.10 Å². The summed E-state index contributed by atoms with van der Waals surface area (Å²) in [4.78, 5) is 0. The topological polar surface area (TPSA) is 57.5 Å². The molecule has 1 atom stereocenters. The van der Waals surface area contributed by atoms with Gasteiger partial charge in [0.25, 0.3) is 0 Å². The fourth-order valence-electron chi connectivity index (χ4n) is 3.10. The van der Waals surface area contributed by atoms with Crippen molar-refractivity contribution in [2.75, 3.05) is 13.2 Å². The first-order valence-corrected chi connectivity index (χ1v) is 8.53. The Balaban J connectivity index is 1.38. The van der Waals surface area contributed by atoms with Gasteiger partial charge in [0.15, 0.2) is 0 Å². The van der Waals surface area contributed by atoms with E-state index in [4.69, 9.17) is 14.0 Å². The Hall–Kier alpha value is -0.885. The molecule has 2 saturated heterocycles. The number of morpholine rings is 1. The summed E-state index contributed by atoms with van der Waals surface area (Å²) in [6, 6.07) is 0. The summed E-state index contributed by atoms with van der Waals surface area (Å²) >= 11 is 0. The lowest BCUT2D eigenvalue weighted by atomic mass is 9.82. The molecular formula is C16H26BN3O3. The minimum atomic E-state index is -0.353. The van der Waals surface area contributed by atoms with Gasteiger partial charge >= 0.3 is 7.12 Å². The van der Waals surface area contributed by atoms with Gasteiger partial charge in [-0.3, -0.25) is 4.68 Å². The van der Waals surface area contributed by atoms with E-state index < -0.39 is 0 Å². The highest BCUT2D eigenvalue weighted by Crippen LogP contribution is 2.38. The first kappa shape index (κ1) is 15.6. The second kappa shape index (κ2) is 5.05. The molecule has 1 N–H and O–H groups in total. The summed E-state index contributed by atoms with van der Waals surface area (Å²) < 4.78 is 20.0. The Morgan fingerprint density at radius 2 is 1.96 bits per heavy atom. The monoisotopic (exact) mass is 319 g/mol. The number of hydrogen-bond acceptors (Lipinski definition) is 5. The van der Waals surface area contributed by atoms with Gasteiger partial charge in [0.1, 0.15) is 0 Å². The van der Waals surface area contributed by atoms with Crippen LogP contribution in [0.4, 0.5) is 0 Å². The Morgan fingerprint density at radius 1 is 1.26 bits per heavy atom. The number of ether oxygens (including phenoxy) is 1. The first-order valence-electron chi connectivity index (χ1n) is 8.53. The van der Waals surface area contributed by atoms with Gasteiger partial charge in [-0.05, 0) is 40.5 Å². The maximum Gasteiger partial charge on any atom is 0.498 e. The molecule has 1 spiro atoms. The fraction of sp³-hybridized carbons (Fsp3) is 0.812. The molecule has 126 valence electrons. The molecule has 3 aliphatic rings. The van der Waals surface area contributed by atoms with Crippen LogP contribution in [0.5, 0.6) is 0 Å². The van der Waals surface area contributed by atoms with Crippen LogP contribution in [0.1, 0.15) is 40.5 Å². The summed E-state index contributed by atoms with van der Waals surface area (Å²) in [6.45, 7) is 10.7. The van der Waals surface area contributed by atoms with Gasteiger partial charge in [-0.25, -0.2) is 0 Å². The number of nitrogens with one attached hydrogen (secondary N) is 1. The van der Waals surface area contributed by atoms with Crippen molar-refractivity contribution in [3.05, 3.63) is 12.4 Å². The van der Waals surface area contributed by atoms with Crippen LogP contribution >= 0.6 is 0 Å². The Labute approximate surface area is 138 Å². The molecule has 0 aromatic carbocycles. The van der Waals surface area contributed by atoms with Gasteiger partial charge in [0.2, 0.25) is 0 Å². The largest absolute Gasteiger partial charge is 0.498 e. The third kappa shape index (κ3) is 2.84. The molecule has 3 fully saturated rings. The lowest BCUT2D eigenvalue weighted by Gasteiger charge is -2.32. The lowest BCUT2D eigenvalue weighted by molar-refractivity contribution is -0.0134. The number of rotatable bonds is 3. The van der Waals surface area contributed by atoms with Crippen molar-refractivity contribution in [3.63, 3.8) is 0 Å². The molecule has 1 aliphatic carbocycles. The van der Waals surface area contributed by atoms with Crippen LogP contribution in [0, 0.1) is 0 Å². The summed E-state index contributed by atoms with van der Waals surface area (Å²) in [6.07, 6.45) is 6.50. The standard InChI is InChI=1S/C16H26BN3O3/c1-14(2)15(3,4)23-17(22-14)12-7-19-20(9-12)10-13-8-18-16(5-6-16)11-21-13/h7,9,13,18H,5-6,8,10-11H2,1-4H3. The van der Waals surface area contributed by atoms with Crippen molar-refractivity contribution >= 4 is 12.6 Å². The van der Waals surface area contributed by atoms with Crippen LogP contribution in [0.3, 0.4) is 0 Å². The van der Waals surface area contributed by atoms with Crippen LogP contribution in [0.25, 0.3) is 0 Å². The summed E-state index contributed by atoms with van der Waals surface area (Å²) in [5, 5.41) is 8.06. The number of hydrogen-bond donors (Lipinski definition) is 1. The van der Waals surface area contributed by atoms with E-state index in [1.54, 1.807) is 0 Å². The van der Waals surface area contributed by atoms with Gasteiger partial charge in [0.05, 0.1) is 30.5 Å². The van der Waals surface area contributed by atoms with Crippen molar-refractivity contribution in [1.29, 1.82) is 0 Å². The molecule has 1 aromatic heterocycles. The van der Waals surface area contributed by atoms with Gasteiger partial charge in [-0.1, -0.05) is 0 Å². The summed E-state index contributed by atoms with van der Waals surface area (Å²) in [7, 11) is -0.353. The maximum atomic E-state index is 6.07. The highest BCUT2D eigenvalue weighted by atomic mass is 16.7. The fourth-order valence-corrected chi connectivity index (χ4v) is 3.10. The molecule has 0 bridgehead atoms.